The highest BCUT2D eigenvalue weighted by Crippen LogP contribution is 2.15. The van der Waals surface area contributed by atoms with Crippen molar-refractivity contribution in [3.05, 3.63) is 53.2 Å². The Hall–Kier alpha value is -1.61. The van der Waals surface area contributed by atoms with Crippen LogP contribution >= 0.6 is 0 Å². The zero-order chi connectivity index (χ0) is 13.0. The molecule has 0 bridgehead atoms. The molecule has 96 valence electrons. The number of nitrogens with zero attached hydrogens (tertiary/aromatic N) is 2. The van der Waals surface area contributed by atoms with E-state index in [1.165, 1.54) is 11.1 Å². The molecule has 0 aliphatic carbocycles. The monoisotopic (exact) mass is 244 g/mol. The van der Waals surface area contributed by atoms with Crippen LogP contribution in [0.25, 0.3) is 0 Å². The van der Waals surface area contributed by atoms with Crippen LogP contribution in [0, 0.1) is 13.8 Å². The van der Waals surface area contributed by atoms with Crippen LogP contribution in [0.3, 0.4) is 0 Å². The van der Waals surface area contributed by atoms with E-state index in [1.807, 2.05) is 26.2 Å². The summed E-state index contributed by atoms with van der Waals surface area (Å²) >= 11 is 0. The summed E-state index contributed by atoms with van der Waals surface area (Å²) in [6, 6.07) is 6.26. The van der Waals surface area contributed by atoms with Gasteiger partial charge in [0.25, 0.3) is 0 Å². The van der Waals surface area contributed by atoms with Crippen LogP contribution in [-0.4, -0.2) is 23.5 Å². The van der Waals surface area contributed by atoms with Gasteiger partial charge in [-0.05, 0) is 51.1 Å². The van der Waals surface area contributed by atoms with Gasteiger partial charge in [-0.3, -0.25) is 4.98 Å². The molecule has 0 N–H and O–H groups in total. The van der Waals surface area contributed by atoms with Crippen LogP contribution in [0.5, 0.6) is 0 Å². The number of pyridine rings is 1. The van der Waals surface area contributed by atoms with E-state index in [0.717, 1.165) is 31.0 Å². The second-order valence-electron chi connectivity index (χ2n) is 4.78. The minimum atomic E-state index is 0.939. The highest BCUT2D eigenvalue weighted by atomic mass is 16.3. The van der Waals surface area contributed by atoms with Gasteiger partial charge in [0.05, 0.1) is 0 Å². The lowest BCUT2D eigenvalue weighted by Crippen LogP contribution is -2.20. The Morgan fingerprint density at radius 3 is 2.56 bits per heavy atom. The first kappa shape index (κ1) is 12.8. The summed E-state index contributed by atoms with van der Waals surface area (Å²) in [6.07, 6.45) is 4.74. The molecule has 0 atom stereocenters. The molecular formula is C15H20N2O. The fourth-order valence-electron chi connectivity index (χ4n) is 2.08. The number of likely N-dealkylation sites (N-methyl/N-ethyl adjacent to an activating group) is 1. The maximum Gasteiger partial charge on any atom is 0.105 e. The summed E-state index contributed by atoms with van der Waals surface area (Å²) in [5, 5.41) is 0. The predicted octanol–water partition coefficient (Wildman–Crippen LogP) is 2.97. The average molecular weight is 244 g/mol. The Kier molecular flexibility index (Phi) is 4.15. The Bertz CT molecular complexity index is 490. The summed E-state index contributed by atoms with van der Waals surface area (Å²) in [5.74, 6) is 2.02. The first-order chi connectivity index (χ1) is 8.65. The van der Waals surface area contributed by atoms with E-state index in [4.69, 9.17) is 4.42 Å². The Balaban J connectivity index is 1.86. The second-order valence-corrected chi connectivity index (χ2v) is 4.78. The zero-order valence-corrected chi connectivity index (χ0v) is 11.3. The fourth-order valence-corrected chi connectivity index (χ4v) is 2.08. The second kappa shape index (κ2) is 5.83. The number of rotatable bonds is 5. The molecule has 0 aromatic carbocycles. The lowest BCUT2D eigenvalue weighted by molar-refractivity contribution is 0.328. The molecule has 0 aliphatic rings. The molecule has 18 heavy (non-hydrogen) atoms. The van der Waals surface area contributed by atoms with E-state index in [0.29, 0.717) is 0 Å². The maximum atomic E-state index is 5.54. The van der Waals surface area contributed by atoms with Gasteiger partial charge >= 0.3 is 0 Å². The van der Waals surface area contributed by atoms with E-state index >= 15 is 0 Å². The summed E-state index contributed by atoms with van der Waals surface area (Å²) in [6.45, 7) is 5.99. The van der Waals surface area contributed by atoms with Crippen molar-refractivity contribution in [2.45, 2.75) is 26.8 Å². The van der Waals surface area contributed by atoms with Gasteiger partial charge in [-0.15, -0.1) is 0 Å². The molecule has 3 heteroatoms. The maximum absolute atomic E-state index is 5.54. The minimum absolute atomic E-state index is 0.939. The Morgan fingerprint density at radius 2 is 1.94 bits per heavy atom. The van der Waals surface area contributed by atoms with Gasteiger partial charge in [-0.2, -0.15) is 0 Å². The van der Waals surface area contributed by atoms with Gasteiger partial charge in [0, 0.05) is 31.0 Å². The minimum Gasteiger partial charge on any atom is -0.466 e. The Labute approximate surface area is 108 Å². The number of hydrogen-bond donors (Lipinski definition) is 0. The molecule has 0 amide bonds. The lowest BCUT2D eigenvalue weighted by Gasteiger charge is -2.15. The third kappa shape index (κ3) is 3.44. The van der Waals surface area contributed by atoms with Crippen LogP contribution < -0.4 is 0 Å². The van der Waals surface area contributed by atoms with Gasteiger partial charge in [-0.1, -0.05) is 0 Å². The first-order valence-electron chi connectivity index (χ1n) is 6.28. The number of furan rings is 1. The van der Waals surface area contributed by atoms with Crippen LogP contribution in [-0.2, 0) is 13.0 Å². The smallest absolute Gasteiger partial charge is 0.105 e. The van der Waals surface area contributed by atoms with Crippen LogP contribution in [0.2, 0.25) is 0 Å². The topological polar surface area (TPSA) is 29.3 Å². The lowest BCUT2D eigenvalue weighted by atomic mass is 10.2. The quantitative estimate of drug-likeness (QED) is 0.809. The van der Waals surface area contributed by atoms with Crippen molar-refractivity contribution in [2.24, 2.45) is 0 Å². The van der Waals surface area contributed by atoms with E-state index < -0.39 is 0 Å². The van der Waals surface area contributed by atoms with Gasteiger partial charge in [0.15, 0.2) is 0 Å². The zero-order valence-electron chi connectivity index (χ0n) is 11.3. The van der Waals surface area contributed by atoms with Crippen molar-refractivity contribution in [1.29, 1.82) is 0 Å². The van der Waals surface area contributed by atoms with Gasteiger partial charge in [0.2, 0.25) is 0 Å². The van der Waals surface area contributed by atoms with Crippen molar-refractivity contribution in [3.8, 4) is 0 Å². The van der Waals surface area contributed by atoms with E-state index in [2.05, 4.69) is 35.1 Å². The third-order valence-corrected chi connectivity index (χ3v) is 3.12. The van der Waals surface area contributed by atoms with Crippen molar-refractivity contribution < 1.29 is 4.42 Å². The normalized spacial score (nSPS) is 11.1. The highest BCUT2D eigenvalue weighted by molar-refractivity contribution is 5.20. The van der Waals surface area contributed by atoms with Crippen LogP contribution in [0.4, 0.5) is 0 Å². The van der Waals surface area contributed by atoms with Crippen LogP contribution in [0.1, 0.15) is 22.6 Å². The Morgan fingerprint density at radius 1 is 1.22 bits per heavy atom. The van der Waals surface area contributed by atoms with E-state index in [-0.39, 0.29) is 0 Å². The molecule has 0 aliphatic heterocycles. The number of hydrogen-bond acceptors (Lipinski definition) is 3. The molecular weight excluding hydrogens is 224 g/mol. The van der Waals surface area contributed by atoms with Gasteiger partial charge in [-0.25, -0.2) is 0 Å². The van der Waals surface area contributed by atoms with Gasteiger partial charge in [0.1, 0.15) is 11.5 Å². The van der Waals surface area contributed by atoms with Gasteiger partial charge < -0.3 is 9.32 Å². The average Bonchev–Trinajstić information content (AvgIpc) is 2.67. The van der Waals surface area contributed by atoms with Crippen molar-refractivity contribution in [2.75, 3.05) is 13.6 Å². The highest BCUT2D eigenvalue weighted by Gasteiger charge is 2.07. The summed E-state index contributed by atoms with van der Waals surface area (Å²) < 4.78 is 5.54. The molecule has 3 nitrogen and oxygen atoms in total. The SMILES string of the molecule is Cc1cc(CN(C)CCc2ccncc2)c(C)o1. The molecule has 2 heterocycles. The van der Waals surface area contributed by atoms with Crippen molar-refractivity contribution >= 4 is 0 Å². The molecule has 0 saturated heterocycles. The molecule has 0 saturated carbocycles. The standard InChI is InChI=1S/C15H20N2O/c1-12-10-15(13(2)18-12)11-17(3)9-6-14-4-7-16-8-5-14/h4-5,7-8,10H,6,9,11H2,1-3H3. The third-order valence-electron chi connectivity index (χ3n) is 3.12. The first-order valence-corrected chi connectivity index (χ1v) is 6.28. The molecule has 2 aromatic rings. The summed E-state index contributed by atoms with van der Waals surface area (Å²) in [4.78, 5) is 6.35. The van der Waals surface area contributed by atoms with E-state index in [9.17, 15) is 0 Å². The van der Waals surface area contributed by atoms with E-state index in [1.54, 1.807) is 0 Å². The predicted molar refractivity (Wildman–Crippen MR) is 72.5 cm³/mol. The molecule has 0 unspecified atom stereocenters. The molecule has 2 rings (SSSR count). The van der Waals surface area contributed by atoms with Crippen molar-refractivity contribution in [1.82, 2.24) is 9.88 Å². The molecule has 0 spiro atoms. The van der Waals surface area contributed by atoms with Crippen molar-refractivity contribution in [3.63, 3.8) is 0 Å². The number of aromatic nitrogens is 1. The molecule has 0 fully saturated rings. The molecule has 2 aromatic heterocycles. The summed E-state index contributed by atoms with van der Waals surface area (Å²) in [7, 11) is 2.14. The number of aryl methyl sites for hydroxylation is 2. The molecule has 0 radical (unpaired) electrons. The largest absolute Gasteiger partial charge is 0.466 e. The summed E-state index contributed by atoms with van der Waals surface area (Å²) in [5.41, 5.74) is 2.61. The van der Waals surface area contributed by atoms with Crippen LogP contribution in [0.15, 0.2) is 35.0 Å². The fraction of sp³-hybridized carbons (Fsp3) is 0.400.